The molecule has 0 atom stereocenters. The van der Waals surface area contributed by atoms with Gasteiger partial charge in [-0.15, -0.1) is 6.58 Å². The van der Waals surface area contributed by atoms with Crippen LogP contribution < -0.4 is 17.2 Å². The van der Waals surface area contributed by atoms with Crippen LogP contribution in [0.25, 0.3) is 22.2 Å². The average molecular weight is 1020 g/mol. The van der Waals surface area contributed by atoms with Crippen molar-refractivity contribution in [1.29, 1.82) is 0 Å². The van der Waals surface area contributed by atoms with E-state index in [4.69, 9.17) is 11.5 Å². The van der Waals surface area contributed by atoms with Gasteiger partial charge in [0.2, 0.25) is 0 Å². The van der Waals surface area contributed by atoms with Crippen LogP contribution in [0.3, 0.4) is 0 Å². The number of rotatable bonds is 16. The Balaban J connectivity index is 0.000000169. The number of carbonyl (C=O) groups excluding carboxylic acids is 2. The lowest BCUT2D eigenvalue weighted by molar-refractivity contribution is 0.103. The molecule has 10 heteroatoms. The Kier molecular flexibility index (Phi) is 17.8. The number of nitrogen functional groups attached to an aromatic ring is 2. The van der Waals surface area contributed by atoms with E-state index in [1.807, 2.05) is 42.5 Å². The van der Waals surface area contributed by atoms with Crippen LogP contribution in [0.4, 0.5) is 11.4 Å². The largest absolute Gasteiger partial charge is 0.508 e. The van der Waals surface area contributed by atoms with Crippen LogP contribution in [0.5, 0.6) is 17.2 Å². The molecular weight excluding hydrogens is 945 g/mol. The minimum atomic E-state index is -0.220. The Morgan fingerprint density at radius 2 is 1.03 bits per heavy atom. The van der Waals surface area contributed by atoms with Gasteiger partial charge >= 0.3 is 5.69 Å². The van der Waals surface area contributed by atoms with Gasteiger partial charge in [0, 0.05) is 56.7 Å². The van der Waals surface area contributed by atoms with Crippen LogP contribution in [0.15, 0.2) is 127 Å². The molecule has 10 nitrogen and oxygen atoms in total. The summed E-state index contributed by atoms with van der Waals surface area (Å²) in [5.74, 6) is 2.72. The van der Waals surface area contributed by atoms with E-state index < -0.39 is 0 Å². The number of benzene rings is 6. The number of nitrogens with two attached hydrogens (primary N) is 2. The van der Waals surface area contributed by atoms with E-state index >= 15 is 0 Å². The van der Waals surface area contributed by atoms with Crippen LogP contribution in [-0.4, -0.2) is 36.4 Å². The van der Waals surface area contributed by atoms with E-state index in [9.17, 15) is 29.7 Å². The zero-order chi connectivity index (χ0) is 55.2. The molecule has 76 heavy (non-hydrogen) atoms. The van der Waals surface area contributed by atoms with Crippen molar-refractivity contribution in [3.63, 3.8) is 0 Å². The Bertz CT molecular complexity index is 3260. The molecule has 0 spiro atoms. The highest BCUT2D eigenvalue weighted by Crippen LogP contribution is 2.42. The van der Waals surface area contributed by atoms with E-state index in [0.717, 1.165) is 54.1 Å². The maximum Gasteiger partial charge on any atom is 0.348 e. The van der Waals surface area contributed by atoms with Crippen molar-refractivity contribution in [2.45, 2.75) is 138 Å². The fourth-order valence-electron chi connectivity index (χ4n) is 9.49. The van der Waals surface area contributed by atoms with Gasteiger partial charge in [0.15, 0.2) is 11.6 Å². The van der Waals surface area contributed by atoms with Crippen molar-refractivity contribution in [1.82, 2.24) is 9.55 Å². The summed E-state index contributed by atoms with van der Waals surface area (Å²) in [6.07, 6.45) is 9.19. The quantitative estimate of drug-likeness (QED) is 0.0272. The SMILES string of the molecule is C=CCc1c(O)ccc(N)c1C(=O)c1ccc(C(C)C)cc1.CC(C)c1ccc(-c2nc(=O)n(CCC(C)(C)C)c3ccc(O)c(CC4CC4)c23)cc1.CC(C)c1ccc(C(=O)c2c(N)ccc(O)c2CC2CC2)cc1. The molecule has 0 amide bonds. The average Bonchev–Trinajstić information content (AvgIpc) is 4.36. The molecule has 7 aromatic rings. The van der Waals surface area contributed by atoms with E-state index in [1.165, 1.54) is 35.6 Å². The maximum atomic E-state index is 13.1. The van der Waals surface area contributed by atoms with Gasteiger partial charge in [-0.05, 0) is 139 Å². The number of phenols is 3. The Labute approximate surface area is 449 Å². The summed E-state index contributed by atoms with van der Waals surface area (Å²) in [6.45, 7) is 23.6. The number of hydrogen-bond donors (Lipinski definition) is 5. The predicted octanol–water partition coefficient (Wildman–Crippen LogP) is 14.6. The normalized spacial score (nSPS) is 13.3. The molecule has 0 saturated heterocycles. The van der Waals surface area contributed by atoms with Gasteiger partial charge in [0.1, 0.15) is 17.2 Å². The number of carbonyl (C=O) groups is 2. The smallest absolute Gasteiger partial charge is 0.348 e. The first-order valence-corrected chi connectivity index (χ1v) is 27.0. The fourth-order valence-corrected chi connectivity index (χ4v) is 9.49. The van der Waals surface area contributed by atoms with E-state index in [1.54, 1.807) is 47.0 Å². The number of aromatic nitrogens is 2. The van der Waals surface area contributed by atoms with E-state index in [2.05, 4.69) is 98.1 Å². The van der Waals surface area contributed by atoms with Gasteiger partial charge in [-0.2, -0.15) is 4.98 Å². The van der Waals surface area contributed by atoms with Crippen molar-refractivity contribution in [2.24, 2.45) is 17.3 Å². The van der Waals surface area contributed by atoms with Crippen molar-refractivity contribution in [3.8, 4) is 28.5 Å². The number of hydrogen-bond acceptors (Lipinski definition) is 9. The molecule has 0 radical (unpaired) electrons. The number of fused-ring (bicyclic) bond motifs is 1. The molecule has 0 aliphatic heterocycles. The van der Waals surface area contributed by atoms with Crippen LogP contribution in [-0.2, 0) is 25.8 Å². The third-order valence-corrected chi connectivity index (χ3v) is 14.7. The summed E-state index contributed by atoms with van der Waals surface area (Å²) >= 11 is 0. The number of aromatic hydroxyl groups is 3. The second-order valence-corrected chi connectivity index (χ2v) is 23.0. The zero-order valence-corrected chi connectivity index (χ0v) is 46.0. The predicted molar refractivity (Wildman–Crippen MR) is 311 cm³/mol. The standard InChI is InChI=1S/C27H34N2O2.C20H23NO2.C19H21NO2/c1-17(2)19-8-10-20(11-9-19)25-24-21(16-18-6-7-18)23(30)13-12-22(24)29(26(31)28-25)15-14-27(3,4)5;1-12(2)14-5-7-15(8-6-14)20(23)19-16(11-13-3-4-13)18(22)10-9-17(19)21;1-4-5-15-17(21)11-10-16(20)18(15)19(22)14-8-6-13(7-9-14)12(2)3/h8-13,17-18,30H,6-7,14-16H2,1-5H3;5-10,12-13,22H,3-4,11,21H2,1-2H3;4,6-12,21H,1,5,20H2,2-3H3. The summed E-state index contributed by atoms with van der Waals surface area (Å²) in [5.41, 5.74) is 23.0. The molecule has 2 fully saturated rings. The first-order valence-electron chi connectivity index (χ1n) is 27.0. The highest BCUT2D eigenvalue weighted by molar-refractivity contribution is 6.14. The monoisotopic (exact) mass is 1020 g/mol. The zero-order valence-electron chi connectivity index (χ0n) is 46.0. The Morgan fingerprint density at radius 3 is 1.46 bits per heavy atom. The van der Waals surface area contributed by atoms with Gasteiger partial charge in [0.05, 0.1) is 22.3 Å². The Morgan fingerprint density at radius 1 is 0.618 bits per heavy atom. The summed E-state index contributed by atoms with van der Waals surface area (Å²) in [4.78, 5) is 43.4. The first kappa shape index (κ1) is 56.3. The molecule has 1 heterocycles. The van der Waals surface area contributed by atoms with Crippen LogP contribution in [0.2, 0.25) is 0 Å². The molecule has 7 N–H and O–H groups in total. The topological polar surface area (TPSA) is 182 Å². The van der Waals surface area contributed by atoms with Crippen molar-refractivity contribution < 1.29 is 24.9 Å². The highest BCUT2D eigenvalue weighted by atomic mass is 16.3. The van der Waals surface area contributed by atoms with Gasteiger partial charge in [0.25, 0.3) is 0 Å². The molecule has 398 valence electrons. The van der Waals surface area contributed by atoms with E-state index in [0.29, 0.717) is 98.8 Å². The molecular formula is C66H78N4O6. The number of aryl methyl sites for hydroxylation is 1. The maximum absolute atomic E-state index is 13.1. The molecule has 2 aliphatic carbocycles. The first-order chi connectivity index (χ1) is 36.1. The number of ketones is 2. The fraction of sp³-hybridized carbons (Fsp3) is 0.364. The summed E-state index contributed by atoms with van der Waals surface area (Å²) < 4.78 is 1.79. The molecule has 6 aromatic carbocycles. The van der Waals surface area contributed by atoms with Gasteiger partial charge < -0.3 is 26.8 Å². The Hall–Kier alpha value is -7.46. The number of anilines is 2. The second kappa shape index (κ2) is 24.0. The van der Waals surface area contributed by atoms with Crippen LogP contribution in [0, 0.1) is 17.3 Å². The van der Waals surface area contributed by atoms with Crippen LogP contribution >= 0.6 is 0 Å². The lowest BCUT2D eigenvalue weighted by atomic mass is 9.92. The lowest BCUT2D eigenvalue weighted by Crippen LogP contribution is -2.26. The molecule has 0 bridgehead atoms. The molecule has 0 unspecified atom stereocenters. The van der Waals surface area contributed by atoms with Gasteiger partial charge in [-0.3, -0.25) is 14.2 Å². The van der Waals surface area contributed by atoms with Gasteiger partial charge in [-0.1, -0.05) is 141 Å². The number of phenolic OH excluding ortho intramolecular Hbond substituents is 3. The molecule has 2 aliphatic rings. The minimum absolute atomic E-state index is 0.0660. The molecule has 2 saturated carbocycles. The van der Waals surface area contributed by atoms with Crippen molar-refractivity contribution in [3.05, 3.63) is 188 Å². The summed E-state index contributed by atoms with van der Waals surface area (Å²) in [7, 11) is 0. The number of allylic oxidation sites excluding steroid dienone is 1. The third kappa shape index (κ3) is 13.7. The lowest BCUT2D eigenvalue weighted by Gasteiger charge is -2.21. The van der Waals surface area contributed by atoms with Crippen molar-refractivity contribution in [2.75, 3.05) is 11.5 Å². The number of nitrogens with zero attached hydrogens (tertiary/aromatic N) is 2. The minimum Gasteiger partial charge on any atom is -0.508 e. The van der Waals surface area contributed by atoms with Gasteiger partial charge in [-0.25, -0.2) is 4.79 Å². The molecule has 1 aromatic heterocycles. The summed E-state index contributed by atoms with van der Waals surface area (Å²) in [6, 6.07) is 33.4. The second-order valence-electron chi connectivity index (χ2n) is 23.0. The highest BCUT2D eigenvalue weighted by Gasteiger charge is 2.29. The molecule has 9 rings (SSSR count). The third-order valence-electron chi connectivity index (χ3n) is 14.7. The van der Waals surface area contributed by atoms with Crippen molar-refractivity contribution >= 4 is 33.8 Å². The van der Waals surface area contributed by atoms with E-state index in [-0.39, 0.29) is 34.2 Å². The summed E-state index contributed by atoms with van der Waals surface area (Å²) in [5, 5.41) is 31.9. The van der Waals surface area contributed by atoms with Crippen LogP contribution in [0.1, 0.15) is 177 Å².